The molecule has 0 aliphatic rings. The molecule has 4 aromatic rings. The van der Waals surface area contributed by atoms with Crippen LogP contribution in [-0.4, -0.2) is 32.0 Å². The van der Waals surface area contributed by atoms with Crippen LogP contribution in [0.15, 0.2) is 53.6 Å². The minimum atomic E-state index is -0.490. The number of carbonyl (C=O) groups excluding carboxylic acids is 2. The lowest BCUT2D eigenvalue weighted by atomic mass is 9.96. The first-order chi connectivity index (χ1) is 17.5. The lowest BCUT2D eigenvalue weighted by molar-refractivity contribution is -0.107. The Hall–Kier alpha value is -3.81. The van der Waals surface area contributed by atoms with Crippen molar-refractivity contribution in [1.29, 1.82) is 0 Å². The fourth-order valence-electron chi connectivity index (χ4n) is 3.94. The van der Waals surface area contributed by atoms with E-state index in [2.05, 4.69) is 29.1 Å². The molecule has 3 N–H and O–H groups in total. The summed E-state index contributed by atoms with van der Waals surface area (Å²) in [6.45, 7) is 8.39. The normalized spacial score (nSPS) is 11.2. The molecular formula is C28H37N5O3. The van der Waals surface area contributed by atoms with E-state index in [4.69, 9.17) is 5.73 Å². The number of pyridine rings is 1. The molecule has 0 bridgehead atoms. The van der Waals surface area contributed by atoms with Crippen LogP contribution < -0.4 is 11.3 Å². The largest absolute Gasteiger partial charge is 0.365 e. The van der Waals surface area contributed by atoms with Crippen LogP contribution in [0.4, 0.5) is 0 Å². The highest BCUT2D eigenvalue weighted by Gasteiger charge is 2.12. The van der Waals surface area contributed by atoms with Gasteiger partial charge in [0.25, 0.3) is 11.5 Å². The molecule has 1 amide bonds. The van der Waals surface area contributed by atoms with Gasteiger partial charge in [0.2, 0.25) is 0 Å². The number of hydrogen-bond donors (Lipinski definition) is 2. The molecule has 8 heteroatoms. The molecule has 0 spiro atoms. The van der Waals surface area contributed by atoms with Crippen molar-refractivity contribution in [1.82, 2.24) is 19.8 Å². The van der Waals surface area contributed by atoms with Gasteiger partial charge in [-0.15, -0.1) is 0 Å². The van der Waals surface area contributed by atoms with Gasteiger partial charge in [-0.2, -0.15) is 10.2 Å². The van der Waals surface area contributed by atoms with E-state index in [9.17, 15) is 14.4 Å². The van der Waals surface area contributed by atoms with Gasteiger partial charge in [-0.25, -0.2) is 9.61 Å². The lowest BCUT2D eigenvalue weighted by Gasteiger charge is -2.12. The molecule has 0 saturated carbocycles. The van der Waals surface area contributed by atoms with E-state index in [1.165, 1.54) is 25.5 Å². The highest BCUT2D eigenvalue weighted by molar-refractivity contribution is 5.99. The molecule has 0 fully saturated rings. The average Bonchev–Trinajstić information content (AvgIpc) is 3.33. The predicted octanol–water partition coefficient (Wildman–Crippen LogP) is 5.20. The number of H-pyrrole nitrogens is 1. The molecule has 1 atom stereocenters. The molecule has 36 heavy (non-hydrogen) atoms. The molecule has 8 nitrogen and oxygen atoms in total. The second-order valence-corrected chi connectivity index (χ2v) is 8.38. The summed E-state index contributed by atoms with van der Waals surface area (Å²) >= 11 is 0. The molecule has 0 aliphatic heterocycles. The Kier molecular flexibility index (Phi) is 11.5. The maximum absolute atomic E-state index is 11.7. The average molecular weight is 492 g/mol. The Labute approximate surface area is 211 Å². The number of nitrogens with zero attached hydrogens (tertiary/aromatic N) is 3. The fourth-order valence-corrected chi connectivity index (χ4v) is 3.94. The minimum Gasteiger partial charge on any atom is -0.365 e. The van der Waals surface area contributed by atoms with Crippen molar-refractivity contribution in [2.45, 2.75) is 72.1 Å². The van der Waals surface area contributed by atoms with E-state index in [0.29, 0.717) is 29.8 Å². The number of carbonyl (C=O) groups is 2. The van der Waals surface area contributed by atoms with Gasteiger partial charge in [-0.3, -0.25) is 9.59 Å². The Balaban J connectivity index is 0.000000239. The number of primary amides is 1. The maximum atomic E-state index is 11.7. The van der Waals surface area contributed by atoms with Crippen molar-refractivity contribution < 1.29 is 9.59 Å². The van der Waals surface area contributed by atoms with E-state index >= 15 is 0 Å². The van der Waals surface area contributed by atoms with E-state index in [0.717, 1.165) is 34.7 Å². The van der Waals surface area contributed by atoms with Crippen LogP contribution in [0.5, 0.6) is 0 Å². The Morgan fingerprint density at radius 2 is 1.86 bits per heavy atom. The van der Waals surface area contributed by atoms with Gasteiger partial charge in [-0.1, -0.05) is 71.2 Å². The standard InChI is InChI=1S/C15H20N2O.C11H11N3O2.C2H6/c1-3-4-5-8-11(2)14-12-9-6-7-10-13(12)15(18)17-16-14;12-11(16)9-6-13-14-7-8(2-1-5-15)3-4-10(9)14;1-2/h6-7,9-11H,3-5,8H2,1-2H3,(H,17,18);3-7H,1-2H2,(H2,12,16);1-2H3/t11-;;/m0../s1. The molecule has 0 unspecified atom stereocenters. The zero-order valence-electron chi connectivity index (χ0n) is 21.7. The minimum absolute atomic E-state index is 0.102. The van der Waals surface area contributed by atoms with Gasteiger partial charge in [0.05, 0.1) is 28.4 Å². The second-order valence-electron chi connectivity index (χ2n) is 8.38. The molecule has 1 aromatic carbocycles. The van der Waals surface area contributed by atoms with Crippen molar-refractivity contribution in [3.8, 4) is 0 Å². The summed E-state index contributed by atoms with van der Waals surface area (Å²) in [7, 11) is 0. The van der Waals surface area contributed by atoms with Crippen molar-refractivity contribution in [3.63, 3.8) is 0 Å². The van der Waals surface area contributed by atoms with Crippen molar-refractivity contribution in [2.24, 2.45) is 5.73 Å². The Morgan fingerprint density at radius 3 is 2.53 bits per heavy atom. The third kappa shape index (κ3) is 7.34. The summed E-state index contributed by atoms with van der Waals surface area (Å²) in [5.41, 5.74) is 8.20. The number of aromatic amines is 1. The first-order valence-corrected chi connectivity index (χ1v) is 12.6. The molecular weight excluding hydrogens is 454 g/mol. The van der Waals surface area contributed by atoms with Gasteiger partial charge in [0.1, 0.15) is 6.29 Å². The predicted molar refractivity (Wildman–Crippen MR) is 144 cm³/mol. The number of benzene rings is 1. The highest BCUT2D eigenvalue weighted by Crippen LogP contribution is 2.25. The topological polar surface area (TPSA) is 123 Å². The summed E-state index contributed by atoms with van der Waals surface area (Å²) in [5.74, 6) is -0.103. The number of rotatable bonds is 9. The van der Waals surface area contributed by atoms with Crippen LogP contribution in [0.2, 0.25) is 0 Å². The van der Waals surface area contributed by atoms with Crippen LogP contribution in [0.3, 0.4) is 0 Å². The van der Waals surface area contributed by atoms with Crippen LogP contribution >= 0.6 is 0 Å². The van der Waals surface area contributed by atoms with Crippen LogP contribution in [0.1, 0.15) is 87.3 Å². The van der Waals surface area contributed by atoms with Crippen LogP contribution in [-0.2, 0) is 11.2 Å². The number of unbranched alkanes of at least 4 members (excludes halogenated alkanes) is 2. The van der Waals surface area contributed by atoms with Crippen molar-refractivity contribution >= 4 is 28.5 Å². The van der Waals surface area contributed by atoms with E-state index in [1.807, 2.05) is 44.2 Å². The number of nitrogens with two attached hydrogens (primary N) is 1. The van der Waals surface area contributed by atoms with Gasteiger partial charge in [-0.05, 0) is 30.5 Å². The van der Waals surface area contributed by atoms with Gasteiger partial charge >= 0.3 is 0 Å². The van der Waals surface area contributed by atoms with Crippen molar-refractivity contribution in [3.05, 3.63) is 76.0 Å². The molecule has 0 radical (unpaired) electrons. The third-order valence-electron chi connectivity index (χ3n) is 5.83. The summed E-state index contributed by atoms with van der Waals surface area (Å²) < 4.78 is 1.60. The van der Waals surface area contributed by atoms with Gasteiger partial charge < -0.3 is 10.5 Å². The molecule has 0 aliphatic carbocycles. The highest BCUT2D eigenvalue weighted by atomic mass is 16.1. The summed E-state index contributed by atoms with van der Waals surface area (Å²) in [5, 5.41) is 12.6. The SMILES string of the molecule is CC.CCCCC[C@H](C)c1n[nH]c(=O)c2ccccc12.NC(=O)c1cnn2cc(CCC=O)ccc12. The first-order valence-electron chi connectivity index (χ1n) is 12.6. The van der Waals surface area contributed by atoms with Crippen molar-refractivity contribution in [2.75, 3.05) is 0 Å². The summed E-state index contributed by atoms with van der Waals surface area (Å²) in [6, 6.07) is 11.4. The quantitative estimate of drug-likeness (QED) is 0.246. The molecule has 3 heterocycles. The zero-order chi connectivity index (χ0) is 26.5. The molecule has 192 valence electrons. The number of amides is 1. The summed E-state index contributed by atoms with van der Waals surface area (Å²) in [4.78, 5) is 33.0. The smallest absolute Gasteiger partial charge is 0.272 e. The molecule has 0 saturated heterocycles. The van der Waals surface area contributed by atoms with E-state index in [1.54, 1.807) is 16.8 Å². The fraction of sp³-hybridized carbons (Fsp3) is 0.393. The summed E-state index contributed by atoms with van der Waals surface area (Å²) in [6.07, 6.45) is 10.1. The first kappa shape index (κ1) is 28.4. The number of hydrogen-bond acceptors (Lipinski definition) is 5. The Bertz CT molecular complexity index is 1330. The maximum Gasteiger partial charge on any atom is 0.272 e. The second kappa shape index (κ2) is 14.6. The van der Waals surface area contributed by atoms with E-state index < -0.39 is 5.91 Å². The lowest BCUT2D eigenvalue weighted by Crippen LogP contribution is -2.12. The van der Waals surface area contributed by atoms with Gasteiger partial charge in [0.15, 0.2) is 0 Å². The zero-order valence-corrected chi connectivity index (χ0v) is 21.7. The third-order valence-corrected chi connectivity index (χ3v) is 5.83. The number of nitrogens with one attached hydrogen (secondary N) is 1. The molecule has 3 aromatic heterocycles. The number of fused-ring (bicyclic) bond motifs is 2. The van der Waals surface area contributed by atoms with Crippen LogP contribution in [0, 0.1) is 0 Å². The van der Waals surface area contributed by atoms with E-state index in [-0.39, 0.29) is 5.56 Å². The molecule has 4 rings (SSSR count). The number of aryl methyl sites for hydroxylation is 1. The number of aldehydes is 1. The van der Waals surface area contributed by atoms with Crippen LogP contribution in [0.25, 0.3) is 16.3 Å². The van der Waals surface area contributed by atoms with Gasteiger partial charge in [0, 0.05) is 23.9 Å². The Morgan fingerprint density at radius 1 is 1.14 bits per heavy atom. The number of aromatic nitrogens is 4. The monoisotopic (exact) mass is 491 g/mol.